The highest BCUT2D eigenvalue weighted by molar-refractivity contribution is 6.18. The summed E-state index contributed by atoms with van der Waals surface area (Å²) in [6.07, 6.45) is 2.00. The molecule has 4 nitrogen and oxygen atoms in total. The van der Waals surface area contributed by atoms with Crippen LogP contribution in [0.5, 0.6) is 0 Å². The molecule has 1 aliphatic heterocycles. The lowest BCUT2D eigenvalue weighted by Crippen LogP contribution is -2.25. The molecule has 1 aliphatic rings. The smallest absolute Gasteiger partial charge is 0.228 e. The number of carbonyl (C=O) groups is 1. The van der Waals surface area contributed by atoms with Crippen LogP contribution in [0, 0.1) is 17.2 Å². The van der Waals surface area contributed by atoms with E-state index in [-0.39, 0.29) is 11.8 Å². The first-order valence-corrected chi connectivity index (χ1v) is 5.50. The number of aromatic nitrogens is 1. The lowest BCUT2D eigenvalue weighted by Gasteiger charge is -2.14. The number of hydrogen-bond donors (Lipinski definition) is 0. The number of nitrogens with zero attached hydrogens (tertiary/aromatic N) is 3. The second-order valence-electron chi connectivity index (χ2n) is 3.74. The zero-order valence-corrected chi connectivity index (χ0v) is 9.31. The molecule has 2 rings (SSSR count). The Morgan fingerprint density at radius 3 is 3.12 bits per heavy atom. The topological polar surface area (TPSA) is 57.0 Å². The van der Waals surface area contributed by atoms with Crippen LogP contribution in [0.15, 0.2) is 18.3 Å². The molecule has 1 atom stereocenters. The van der Waals surface area contributed by atoms with E-state index >= 15 is 0 Å². The fourth-order valence-corrected chi connectivity index (χ4v) is 1.95. The van der Waals surface area contributed by atoms with E-state index in [2.05, 4.69) is 4.98 Å². The van der Waals surface area contributed by atoms with E-state index in [1.54, 1.807) is 17.0 Å². The van der Waals surface area contributed by atoms with E-state index in [1.165, 1.54) is 6.20 Å². The molecular formula is C11H10ClN3O. The molecule has 0 spiro atoms. The summed E-state index contributed by atoms with van der Waals surface area (Å²) in [4.78, 5) is 17.4. The predicted molar refractivity (Wildman–Crippen MR) is 60.1 cm³/mol. The zero-order chi connectivity index (χ0) is 11.5. The molecule has 2 heterocycles. The van der Waals surface area contributed by atoms with E-state index in [0.29, 0.717) is 30.2 Å². The minimum Gasteiger partial charge on any atom is -0.296 e. The van der Waals surface area contributed by atoms with E-state index < -0.39 is 0 Å². The molecule has 0 bridgehead atoms. The molecule has 1 unspecified atom stereocenters. The van der Waals surface area contributed by atoms with Crippen molar-refractivity contribution in [1.29, 1.82) is 5.26 Å². The first kappa shape index (κ1) is 10.9. The molecular weight excluding hydrogens is 226 g/mol. The molecule has 5 heteroatoms. The predicted octanol–water partition coefficient (Wildman–Crippen LogP) is 1.54. The number of halogens is 1. The fourth-order valence-electron chi connectivity index (χ4n) is 1.74. The van der Waals surface area contributed by atoms with E-state index in [0.717, 1.165) is 0 Å². The summed E-state index contributed by atoms with van der Waals surface area (Å²) in [5.41, 5.74) is 0.507. The average molecular weight is 236 g/mol. The van der Waals surface area contributed by atoms with Crippen LogP contribution in [-0.4, -0.2) is 23.3 Å². The number of nitriles is 1. The fraction of sp³-hybridized carbons (Fsp3) is 0.364. The number of rotatable bonds is 2. The van der Waals surface area contributed by atoms with Crippen molar-refractivity contribution in [2.45, 2.75) is 6.42 Å². The second kappa shape index (κ2) is 4.50. The Morgan fingerprint density at radius 2 is 2.50 bits per heavy atom. The third-order valence-electron chi connectivity index (χ3n) is 2.57. The van der Waals surface area contributed by atoms with Gasteiger partial charge in [-0.25, -0.2) is 4.98 Å². The summed E-state index contributed by atoms with van der Waals surface area (Å²) in [6, 6.07) is 5.26. The first-order valence-electron chi connectivity index (χ1n) is 4.97. The van der Waals surface area contributed by atoms with Gasteiger partial charge in [0.25, 0.3) is 0 Å². The summed E-state index contributed by atoms with van der Waals surface area (Å²) in [6.45, 7) is 0.588. The highest BCUT2D eigenvalue weighted by atomic mass is 35.5. The van der Waals surface area contributed by atoms with Crippen LogP contribution in [0.4, 0.5) is 5.82 Å². The van der Waals surface area contributed by atoms with E-state index in [1.807, 2.05) is 6.07 Å². The van der Waals surface area contributed by atoms with Crippen molar-refractivity contribution in [2.24, 2.45) is 5.92 Å². The van der Waals surface area contributed by atoms with E-state index in [9.17, 15) is 4.79 Å². The van der Waals surface area contributed by atoms with Crippen LogP contribution in [0.3, 0.4) is 0 Å². The van der Waals surface area contributed by atoms with Crippen molar-refractivity contribution in [3.63, 3.8) is 0 Å². The number of alkyl halides is 1. The van der Waals surface area contributed by atoms with Crippen LogP contribution in [0.2, 0.25) is 0 Å². The minimum absolute atomic E-state index is 0.0215. The van der Waals surface area contributed by atoms with Crippen LogP contribution in [-0.2, 0) is 4.79 Å². The molecule has 82 valence electrons. The molecule has 0 radical (unpaired) electrons. The Hall–Kier alpha value is -1.60. The largest absolute Gasteiger partial charge is 0.296 e. The summed E-state index contributed by atoms with van der Waals surface area (Å²) >= 11 is 5.73. The standard InChI is InChI=1S/C11H10ClN3O/c12-5-9-4-11(16)15(7-9)10-3-8(6-13)1-2-14-10/h1-3,9H,4-5,7H2. The normalized spacial score (nSPS) is 19.9. The molecule has 1 fully saturated rings. The molecule has 0 aliphatic carbocycles. The Bertz CT molecular complexity index is 455. The quantitative estimate of drug-likeness (QED) is 0.731. The minimum atomic E-state index is 0.0215. The molecule has 0 N–H and O–H groups in total. The molecule has 1 aromatic heterocycles. The van der Waals surface area contributed by atoms with Crippen LogP contribution < -0.4 is 4.90 Å². The van der Waals surface area contributed by atoms with Gasteiger partial charge >= 0.3 is 0 Å². The molecule has 0 saturated carbocycles. The van der Waals surface area contributed by atoms with Gasteiger partial charge in [0.1, 0.15) is 5.82 Å². The number of pyridine rings is 1. The SMILES string of the molecule is N#Cc1ccnc(N2CC(CCl)CC2=O)c1. The maximum atomic E-state index is 11.7. The van der Waals surface area contributed by atoms with Gasteiger partial charge in [-0.05, 0) is 18.1 Å². The van der Waals surface area contributed by atoms with E-state index in [4.69, 9.17) is 16.9 Å². The number of hydrogen-bond acceptors (Lipinski definition) is 3. The Morgan fingerprint density at radius 1 is 1.69 bits per heavy atom. The summed E-state index contributed by atoms with van der Waals surface area (Å²) < 4.78 is 0. The lowest BCUT2D eigenvalue weighted by atomic mass is 10.1. The van der Waals surface area contributed by atoms with Gasteiger partial charge in [-0.2, -0.15) is 5.26 Å². The Labute approximate surface area is 98.5 Å². The van der Waals surface area contributed by atoms with Gasteiger partial charge in [0.2, 0.25) is 5.91 Å². The van der Waals surface area contributed by atoms with Gasteiger partial charge in [-0.3, -0.25) is 9.69 Å². The van der Waals surface area contributed by atoms with Crippen molar-refractivity contribution in [3.8, 4) is 6.07 Å². The summed E-state index contributed by atoms with van der Waals surface area (Å²) in [7, 11) is 0. The van der Waals surface area contributed by atoms with Crippen molar-refractivity contribution >= 4 is 23.3 Å². The van der Waals surface area contributed by atoms with Crippen LogP contribution in [0.25, 0.3) is 0 Å². The number of carbonyl (C=O) groups excluding carboxylic acids is 1. The van der Waals surface area contributed by atoms with Crippen molar-refractivity contribution in [3.05, 3.63) is 23.9 Å². The van der Waals surface area contributed by atoms with Crippen molar-refractivity contribution < 1.29 is 4.79 Å². The first-order chi connectivity index (χ1) is 7.74. The highest BCUT2D eigenvalue weighted by Crippen LogP contribution is 2.24. The van der Waals surface area contributed by atoms with Gasteiger partial charge in [-0.15, -0.1) is 11.6 Å². The summed E-state index contributed by atoms with van der Waals surface area (Å²) in [5.74, 6) is 1.21. The highest BCUT2D eigenvalue weighted by Gasteiger charge is 2.30. The van der Waals surface area contributed by atoms with Crippen molar-refractivity contribution in [2.75, 3.05) is 17.3 Å². The number of amides is 1. The summed E-state index contributed by atoms with van der Waals surface area (Å²) in [5, 5.41) is 8.77. The van der Waals surface area contributed by atoms with Crippen molar-refractivity contribution in [1.82, 2.24) is 4.98 Å². The monoisotopic (exact) mass is 235 g/mol. The van der Waals surface area contributed by atoms with Crippen LogP contribution >= 0.6 is 11.6 Å². The molecule has 16 heavy (non-hydrogen) atoms. The Kier molecular flexibility index (Phi) is 3.07. The van der Waals surface area contributed by atoms with Crippen LogP contribution in [0.1, 0.15) is 12.0 Å². The zero-order valence-electron chi connectivity index (χ0n) is 8.56. The molecule has 0 aromatic carbocycles. The lowest BCUT2D eigenvalue weighted by molar-refractivity contribution is -0.117. The third kappa shape index (κ3) is 2.00. The van der Waals surface area contributed by atoms with Gasteiger partial charge in [0, 0.05) is 25.0 Å². The Balaban J connectivity index is 2.25. The third-order valence-corrected chi connectivity index (χ3v) is 3.01. The second-order valence-corrected chi connectivity index (χ2v) is 4.05. The maximum Gasteiger partial charge on any atom is 0.228 e. The van der Waals surface area contributed by atoms with Gasteiger partial charge in [0.05, 0.1) is 11.6 Å². The molecule has 1 amide bonds. The van der Waals surface area contributed by atoms with Gasteiger partial charge in [-0.1, -0.05) is 0 Å². The average Bonchev–Trinajstić information content (AvgIpc) is 2.71. The molecule has 1 aromatic rings. The van der Waals surface area contributed by atoms with Gasteiger partial charge < -0.3 is 0 Å². The number of anilines is 1. The molecule has 1 saturated heterocycles. The maximum absolute atomic E-state index is 11.7. The van der Waals surface area contributed by atoms with Gasteiger partial charge in [0.15, 0.2) is 0 Å².